The molecule has 0 spiro atoms. The number of halogens is 2. The minimum atomic E-state index is -1.27. The summed E-state index contributed by atoms with van der Waals surface area (Å²) < 4.78 is 26.7. The maximum atomic E-state index is 13.3. The number of hydrogen-bond donors (Lipinski definition) is 3. The van der Waals surface area contributed by atoms with Gasteiger partial charge in [-0.05, 0) is 30.0 Å². The molecule has 1 fully saturated rings. The number of carboxylic acid groups (broad SMARTS) is 2. The second-order valence-corrected chi connectivity index (χ2v) is 7.51. The predicted octanol–water partition coefficient (Wildman–Crippen LogP) is 1.74. The highest BCUT2D eigenvalue weighted by molar-refractivity contribution is 5.80. The molecule has 1 heterocycles. The summed E-state index contributed by atoms with van der Waals surface area (Å²) in [5.74, 6) is -3.88. The molecule has 1 aromatic carbocycles. The summed E-state index contributed by atoms with van der Waals surface area (Å²) in [7, 11) is 0. The van der Waals surface area contributed by atoms with Gasteiger partial charge in [-0.1, -0.05) is 13.8 Å². The lowest BCUT2D eigenvalue weighted by molar-refractivity contribution is -0.143. The van der Waals surface area contributed by atoms with Crippen LogP contribution in [0.1, 0.15) is 25.8 Å². The Kier molecular flexibility index (Phi) is 7.49. The summed E-state index contributed by atoms with van der Waals surface area (Å²) in [5, 5.41) is 21.4. The van der Waals surface area contributed by atoms with E-state index in [2.05, 4.69) is 5.32 Å². The van der Waals surface area contributed by atoms with Crippen LogP contribution in [0, 0.1) is 17.6 Å². The Morgan fingerprint density at radius 2 is 1.59 bits per heavy atom. The summed E-state index contributed by atoms with van der Waals surface area (Å²) in [6.07, 6.45) is 0.240. The Bertz CT molecular complexity index is 754. The number of amides is 2. The van der Waals surface area contributed by atoms with E-state index < -0.39 is 41.7 Å². The SMILES string of the molecule is CC(C)C[C@H](NC(CN1CCN(Cc2cc(F)cc(F)c2)C1=O)C(=O)O)C(=O)O. The number of benzene rings is 1. The fourth-order valence-corrected chi connectivity index (χ4v) is 3.25. The highest BCUT2D eigenvalue weighted by Crippen LogP contribution is 2.16. The molecule has 0 bridgehead atoms. The van der Waals surface area contributed by atoms with Crippen molar-refractivity contribution in [2.45, 2.75) is 38.9 Å². The zero-order valence-electron chi connectivity index (χ0n) is 16.3. The molecule has 1 aliphatic heterocycles. The summed E-state index contributed by atoms with van der Waals surface area (Å²) in [5.41, 5.74) is 0.286. The average Bonchev–Trinajstić information content (AvgIpc) is 2.92. The van der Waals surface area contributed by atoms with Gasteiger partial charge >= 0.3 is 18.0 Å². The lowest BCUT2D eigenvalue weighted by Crippen LogP contribution is -2.53. The maximum Gasteiger partial charge on any atom is 0.322 e. The second kappa shape index (κ2) is 9.64. The number of carbonyl (C=O) groups is 3. The van der Waals surface area contributed by atoms with Gasteiger partial charge in [0, 0.05) is 32.2 Å². The molecule has 2 atom stereocenters. The quantitative estimate of drug-likeness (QED) is 0.539. The van der Waals surface area contributed by atoms with E-state index in [0.29, 0.717) is 0 Å². The first-order chi connectivity index (χ1) is 13.6. The van der Waals surface area contributed by atoms with Gasteiger partial charge in [0.1, 0.15) is 23.7 Å². The van der Waals surface area contributed by atoms with Crippen LogP contribution in [0.5, 0.6) is 0 Å². The van der Waals surface area contributed by atoms with Crippen molar-refractivity contribution in [3.8, 4) is 0 Å². The van der Waals surface area contributed by atoms with Crippen molar-refractivity contribution in [2.24, 2.45) is 5.92 Å². The number of nitrogens with zero attached hydrogens (tertiary/aromatic N) is 2. The third-order valence-corrected chi connectivity index (χ3v) is 4.59. The van der Waals surface area contributed by atoms with Crippen LogP contribution < -0.4 is 5.32 Å². The van der Waals surface area contributed by atoms with Crippen LogP contribution in [0.2, 0.25) is 0 Å². The number of rotatable bonds is 10. The second-order valence-electron chi connectivity index (χ2n) is 7.51. The lowest BCUT2D eigenvalue weighted by atomic mass is 10.0. The van der Waals surface area contributed by atoms with Crippen LogP contribution in [-0.4, -0.2) is 69.7 Å². The predicted molar refractivity (Wildman–Crippen MR) is 99.2 cm³/mol. The zero-order chi connectivity index (χ0) is 21.7. The minimum Gasteiger partial charge on any atom is -0.480 e. The van der Waals surface area contributed by atoms with Crippen LogP contribution in [0.3, 0.4) is 0 Å². The Hall–Kier alpha value is -2.75. The molecule has 160 valence electrons. The van der Waals surface area contributed by atoms with E-state index in [-0.39, 0.29) is 44.1 Å². The molecule has 2 amide bonds. The van der Waals surface area contributed by atoms with Gasteiger partial charge in [-0.3, -0.25) is 14.9 Å². The highest BCUT2D eigenvalue weighted by Gasteiger charge is 2.34. The lowest BCUT2D eigenvalue weighted by Gasteiger charge is -2.25. The van der Waals surface area contributed by atoms with Gasteiger partial charge in [0.05, 0.1) is 0 Å². The molecule has 0 aliphatic carbocycles. The van der Waals surface area contributed by atoms with Gasteiger partial charge in [0.15, 0.2) is 0 Å². The Morgan fingerprint density at radius 1 is 1.03 bits per heavy atom. The van der Waals surface area contributed by atoms with E-state index in [0.717, 1.165) is 18.2 Å². The number of carboxylic acids is 2. The molecule has 1 saturated heterocycles. The van der Waals surface area contributed by atoms with Crippen LogP contribution in [0.4, 0.5) is 13.6 Å². The number of hydrogen-bond acceptors (Lipinski definition) is 4. The van der Waals surface area contributed by atoms with Crippen molar-refractivity contribution < 1.29 is 33.4 Å². The molecule has 1 unspecified atom stereocenters. The summed E-state index contributed by atoms with van der Waals surface area (Å²) >= 11 is 0. The summed E-state index contributed by atoms with van der Waals surface area (Å²) in [4.78, 5) is 38.2. The zero-order valence-corrected chi connectivity index (χ0v) is 16.3. The molecule has 0 aromatic heterocycles. The fourth-order valence-electron chi connectivity index (χ4n) is 3.25. The van der Waals surface area contributed by atoms with Gasteiger partial charge < -0.3 is 20.0 Å². The van der Waals surface area contributed by atoms with Crippen molar-refractivity contribution in [3.63, 3.8) is 0 Å². The Labute approximate surface area is 167 Å². The maximum absolute atomic E-state index is 13.3. The molecule has 3 N–H and O–H groups in total. The molecule has 0 saturated carbocycles. The van der Waals surface area contributed by atoms with Crippen molar-refractivity contribution in [1.82, 2.24) is 15.1 Å². The average molecular weight is 413 g/mol. The summed E-state index contributed by atoms with van der Waals surface area (Å²) in [6, 6.07) is 0.207. The Balaban J connectivity index is 2.02. The molecule has 29 heavy (non-hydrogen) atoms. The highest BCUT2D eigenvalue weighted by atomic mass is 19.1. The van der Waals surface area contributed by atoms with Gasteiger partial charge in [-0.25, -0.2) is 13.6 Å². The molecule has 0 radical (unpaired) electrons. The van der Waals surface area contributed by atoms with Gasteiger partial charge in [0.2, 0.25) is 0 Å². The standard InChI is InChI=1S/C19H25F2N3O5/c1-11(2)5-15(17(25)26)22-16(18(27)28)10-24-4-3-23(19(24)29)9-12-6-13(20)8-14(21)7-12/h6-8,11,15-16,22H,3-5,9-10H2,1-2H3,(H,25,26)(H,27,28)/t15-,16?/m0/s1. The number of urea groups is 1. The van der Waals surface area contributed by atoms with Crippen LogP contribution in [-0.2, 0) is 16.1 Å². The summed E-state index contributed by atoms with van der Waals surface area (Å²) in [6.45, 7) is 3.90. The normalized spacial score (nSPS) is 16.4. The van der Waals surface area contributed by atoms with Crippen molar-refractivity contribution in [1.29, 1.82) is 0 Å². The molecule has 10 heteroatoms. The van der Waals surface area contributed by atoms with Gasteiger partial charge in [-0.15, -0.1) is 0 Å². The molecular formula is C19H25F2N3O5. The first-order valence-electron chi connectivity index (χ1n) is 9.27. The fraction of sp³-hybridized carbons (Fsp3) is 0.526. The topological polar surface area (TPSA) is 110 Å². The van der Waals surface area contributed by atoms with E-state index in [9.17, 15) is 33.4 Å². The Morgan fingerprint density at radius 3 is 2.10 bits per heavy atom. The van der Waals surface area contributed by atoms with Crippen LogP contribution in [0.25, 0.3) is 0 Å². The van der Waals surface area contributed by atoms with Crippen molar-refractivity contribution in [3.05, 3.63) is 35.4 Å². The van der Waals surface area contributed by atoms with Crippen molar-refractivity contribution >= 4 is 18.0 Å². The smallest absolute Gasteiger partial charge is 0.322 e. The van der Waals surface area contributed by atoms with E-state index in [4.69, 9.17) is 0 Å². The van der Waals surface area contributed by atoms with Gasteiger partial charge in [0.25, 0.3) is 0 Å². The first-order valence-corrected chi connectivity index (χ1v) is 9.27. The first kappa shape index (κ1) is 22.5. The van der Waals surface area contributed by atoms with E-state index >= 15 is 0 Å². The third kappa shape index (κ3) is 6.38. The number of aliphatic carboxylic acids is 2. The largest absolute Gasteiger partial charge is 0.480 e. The molecule has 8 nitrogen and oxygen atoms in total. The molecule has 2 rings (SSSR count). The van der Waals surface area contributed by atoms with E-state index in [1.54, 1.807) is 0 Å². The number of carbonyl (C=O) groups excluding carboxylic acids is 1. The van der Waals surface area contributed by atoms with Gasteiger partial charge in [-0.2, -0.15) is 0 Å². The van der Waals surface area contributed by atoms with Crippen LogP contribution >= 0.6 is 0 Å². The molecule has 1 aliphatic rings. The molecular weight excluding hydrogens is 388 g/mol. The van der Waals surface area contributed by atoms with E-state index in [1.165, 1.54) is 9.80 Å². The van der Waals surface area contributed by atoms with Crippen LogP contribution in [0.15, 0.2) is 18.2 Å². The monoisotopic (exact) mass is 413 g/mol. The van der Waals surface area contributed by atoms with Crippen molar-refractivity contribution in [2.75, 3.05) is 19.6 Å². The number of nitrogens with one attached hydrogen (secondary N) is 1. The van der Waals surface area contributed by atoms with E-state index in [1.807, 2.05) is 13.8 Å². The third-order valence-electron chi connectivity index (χ3n) is 4.59. The molecule has 1 aromatic rings. The minimum absolute atomic E-state index is 0.0136.